The lowest BCUT2D eigenvalue weighted by atomic mass is 9.91. The summed E-state index contributed by atoms with van der Waals surface area (Å²) in [5.74, 6) is 0.373. The number of fused-ring (bicyclic) bond motifs is 1. The Morgan fingerprint density at radius 3 is 2.13 bits per heavy atom. The molecule has 23 heavy (non-hydrogen) atoms. The van der Waals surface area contributed by atoms with Gasteiger partial charge in [-0.3, -0.25) is 0 Å². The fourth-order valence-electron chi connectivity index (χ4n) is 3.32. The second-order valence-electron chi connectivity index (χ2n) is 6.98. The van der Waals surface area contributed by atoms with Crippen LogP contribution in [0, 0.1) is 25.6 Å². The van der Waals surface area contributed by atoms with Gasteiger partial charge < -0.3 is 0 Å². The van der Waals surface area contributed by atoms with Gasteiger partial charge in [0.15, 0.2) is 0 Å². The molecule has 0 aliphatic heterocycles. The third-order valence-corrected chi connectivity index (χ3v) is 4.19. The van der Waals surface area contributed by atoms with E-state index in [1.807, 2.05) is 6.07 Å². The van der Waals surface area contributed by atoms with E-state index in [-0.39, 0.29) is 5.82 Å². The normalized spacial score (nSPS) is 11.4. The zero-order chi connectivity index (χ0) is 16.6. The van der Waals surface area contributed by atoms with Crippen LogP contribution in [-0.4, -0.2) is 0 Å². The summed E-state index contributed by atoms with van der Waals surface area (Å²) >= 11 is 0. The first-order valence-electron chi connectivity index (χ1n) is 8.23. The van der Waals surface area contributed by atoms with Crippen LogP contribution in [0.4, 0.5) is 4.39 Å². The van der Waals surface area contributed by atoms with Gasteiger partial charge in [-0.1, -0.05) is 55.3 Å². The van der Waals surface area contributed by atoms with E-state index in [4.69, 9.17) is 0 Å². The number of hydrogen-bond acceptors (Lipinski definition) is 0. The van der Waals surface area contributed by atoms with Gasteiger partial charge in [-0.25, -0.2) is 4.39 Å². The van der Waals surface area contributed by atoms with Crippen LogP contribution in [0.3, 0.4) is 0 Å². The van der Waals surface area contributed by atoms with Gasteiger partial charge in [-0.2, -0.15) is 0 Å². The van der Waals surface area contributed by atoms with E-state index in [9.17, 15) is 4.39 Å². The molecule has 0 heterocycles. The average molecular weight is 306 g/mol. The highest BCUT2D eigenvalue weighted by Gasteiger charge is 2.09. The van der Waals surface area contributed by atoms with Gasteiger partial charge >= 0.3 is 0 Å². The van der Waals surface area contributed by atoms with Crippen molar-refractivity contribution < 1.29 is 4.39 Å². The van der Waals surface area contributed by atoms with E-state index in [1.165, 1.54) is 27.8 Å². The maximum absolute atomic E-state index is 13.7. The largest absolute Gasteiger partial charge is 0.207 e. The van der Waals surface area contributed by atoms with Crippen molar-refractivity contribution in [2.45, 2.75) is 34.1 Å². The fourth-order valence-corrected chi connectivity index (χ4v) is 3.32. The maximum atomic E-state index is 13.7. The van der Waals surface area contributed by atoms with Gasteiger partial charge in [-0.15, -0.1) is 0 Å². The molecule has 0 atom stereocenters. The minimum atomic E-state index is -0.165. The van der Waals surface area contributed by atoms with Crippen LogP contribution in [0.1, 0.15) is 30.5 Å². The van der Waals surface area contributed by atoms with E-state index in [2.05, 4.69) is 58.0 Å². The van der Waals surface area contributed by atoms with Crippen LogP contribution < -0.4 is 0 Å². The smallest absolute Gasteiger partial charge is 0.123 e. The standard InChI is InChI=1S/C22H23F/c1-14(2)7-20-12-19(18-9-15(3)8-16(4)10-18)11-17-5-6-21(23)13-22(17)20/h5-6,8-14H,7H2,1-4H3. The summed E-state index contributed by atoms with van der Waals surface area (Å²) in [6.07, 6.45) is 0.957. The second kappa shape index (κ2) is 6.16. The summed E-state index contributed by atoms with van der Waals surface area (Å²) in [6.45, 7) is 8.66. The molecule has 3 aromatic rings. The third-order valence-electron chi connectivity index (χ3n) is 4.19. The molecule has 0 unspecified atom stereocenters. The van der Waals surface area contributed by atoms with E-state index < -0.39 is 0 Å². The SMILES string of the molecule is Cc1cc(C)cc(-c2cc(CC(C)C)c3cc(F)ccc3c2)c1. The van der Waals surface area contributed by atoms with Gasteiger partial charge in [0.1, 0.15) is 5.82 Å². The third kappa shape index (κ3) is 3.44. The number of aryl methyl sites for hydroxylation is 2. The van der Waals surface area contributed by atoms with Crippen molar-refractivity contribution in [3.63, 3.8) is 0 Å². The van der Waals surface area contributed by atoms with Gasteiger partial charge in [0, 0.05) is 0 Å². The minimum Gasteiger partial charge on any atom is -0.207 e. The Hall–Kier alpha value is -2.15. The molecule has 0 saturated heterocycles. The molecule has 0 spiro atoms. The van der Waals surface area contributed by atoms with Crippen LogP contribution in [0.2, 0.25) is 0 Å². The van der Waals surface area contributed by atoms with Crippen molar-refractivity contribution in [2.24, 2.45) is 5.92 Å². The number of hydrogen-bond donors (Lipinski definition) is 0. The molecular formula is C22H23F. The van der Waals surface area contributed by atoms with Crippen molar-refractivity contribution >= 4 is 10.8 Å². The zero-order valence-corrected chi connectivity index (χ0v) is 14.3. The van der Waals surface area contributed by atoms with Gasteiger partial charge in [0.05, 0.1) is 0 Å². The van der Waals surface area contributed by atoms with Gasteiger partial charge in [-0.05, 0) is 71.8 Å². The van der Waals surface area contributed by atoms with Crippen LogP contribution >= 0.6 is 0 Å². The Morgan fingerprint density at radius 1 is 0.826 bits per heavy atom. The number of rotatable bonds is 3. The molecular weight excluding hydrogens is 283 g/mol. The first-order chi connectivity index (χ1) is 10.9. The van der Waals surface area contributed by atoms with Crippen LogP contribution in [0.5, 0.6) is 0 Å². The lowest BCUT2D eigenvalue weighted by Crippen LogP contribution is -1.97. The van der Waals surface area contributed by atoms with Crippen molar-refractivity contribution in [1.29, 1.82) is 0 Å². The summed E-state index contributed by atoms with van der Waals surface area (Å²) in [7, 11) is 0. The molecule has 0 fully saturated rings. The molecule has 3 aromatic carbocycles. The van der Waals surface area contributed by atoms with Crippen LogP contribution in [0.25, 0.3) is 21.9 Å². The summed E-state index contributed by atoms with van der Waals surface area (Å²) in [5.41, 5.74) is 6.21. The molecule has 1 heteroatoms. The van der Waals surface area contributed by atoms with E-state index in [1.54, 1.807) is 12.1 Å². The number of benzene rings is 3. The molecule has 0 N–H and O–H groups in total. The molecule has 0 aliphatic rings. The van der Waals surface area contributed by atoms with Crippen molar-refractivity contribution in [3.8, 4) is 11.1 Å². The topological polar surface area (TPSA) is 0 Å². The first kappa shape index (κ1) is 15.7. The molecule has 0 nitrogen and oxygen atoms in total. The van der Waals surface area contributed by atoms with Crippen molar-refractivity contribution in [3.05, 3.63) is 71.0 Å². The monoisotopic (exact) mass is 306 g/mol. The zero-order valence-electron chi connectivity index (χ0n) is 14.3. The lowest BCUT2D eigenvalue weighted by Gasteiger charge is -2.13. The Bertz CT molecular complexity index is 839. The van der Waals surface area contributed by atoms with Crippen molar-refractivity contribution in [2.75, 3.05) is 0 Å². The number of halogens is 1. The highest BCUT2D eigenvalue weighted by Crippen LogP contribution is 2.31. The second-order valence-corrected chi connectivity index (χ2v) is 6.98. The highest BCUT2D eigenvalue weighted by atomic mass is 19.1. The average Bonchev–Trinajstić information content (AvgIpc) is 2.46. The highest BCUT2D eigenvalue weighted by molar-refractivity contribution is 5.90. The van der Waals surface area contributed by atoms with E-state index in [0.717, 1.165) is 17.2 Å². The summed E-state index contributed by atoms with van der Waals surface area (Å²) in [4.78, 5) is 0. The first-order valence-corrected chi connectivity index (χ1v) is 8.23. The summed E-state index contributed by atoms with van der Waals surface area (Å²) in [6, 6.07) is 16.1. The molecule has 0 amide bonds. The molecule has 3 rings (SSSR count). The Labute approximate surface area is 138 Å². The lowest BCUT2D eigenvalue weighted by molar-refractivity contribution is 0.628. The molecule has 0 radical (unpaired) electrons. The van der Waals surface area contributed by atoms with Crippen LogP contribution in [-0.2, 0) is 6.42 Å². The quantitative estimate of drug-likeness (QED) is 0.521. The Kier molecular flexibility index (Phi) is 4.21. The maximum Gasteiger partial charge on any atom is 0.123 e. The Morgan fingerprint density at radius 2 is 1.48 bits per heavy atom. The molecule has 0 bridgehead atoms. The minimum absolute atomic E-state index is 0.165. The van der Waals surface area contributed by atoms with E-state index >= 15 is 0 Å². The summed E-state index contributed by atoms with van der Waals surface area (Å²) in [5, 5.41) is 2.14. The molecule has 0 aromatic heterocycles. The predicted octanol–water partition coefficient (Wildman–Crippen LogP) is 6.46. The predicted molar refractivity (Wildman–Crippen MR) is 97.4 cm³/mol. The molecule has 118 valence electrons. The van der Waals surface area contributed by atoms with Gasteiger partial charge in [0.25, 0.3) is 0 Å². The van der Waals surface area contributed by atoms with Crippen LogP contribution in [0.15, 0.2) is 48.5 Å². The molecule has 0 saturated carbocycles. The summed E-state index contributed by atoms with van der Waals surface area (Å²) < 4.78 is 13.7. The van der Waals surface area contributed by atoms with Crippen molar-refractivity contribution in [1.82, 2.24) is 0 Å². The fraction of sp³-hybridized carbons (Fsp3) is 0.273. The molecule has 0 aliphatic carbocycles. The van der Waals surface area contributed by atoms with Gasteiger partial charge in [0.2, 0.25) is 0 Å². The van der Waals surface area contributed by atoms with E-state index in [0.29, 0.717) is 5.92 Å². The Balaban J connectivity index is 2.23.